The Morgan fingerprint density at radius 2 is 1.85 bits per heavy atom. The van der Waals surface area contributed by atoms with Gasteiger partial charge in [0.1, 0.15) is 0 Å². The van der Waals surface area contributed by atoms with E-state index in [-0.39, 0.29) is 12.5 Å². The van der Waals surface area contributed by atoms with E-state index in [1.165, 1.54) is 0 Å². The maximum Gasteiger partial charge on any atom is 0.243 e. The quantitative estimate of drug-likeness (QED) is 0.807. The predicted molar refractivity (Wildman–Crippen MR) is 87.7 cm³/mol. The minimum Gasteiger partial charge on any atom is -0.375 e. The van der Waals surface area contributed by atoms with Gasteiger partial charge in [-0.25, -0.2) is 0 Å². The molecule has 20 heavy (non-hydrogen) atoms. The maximum atomic E-state index is 11.9. The predicted octanol–water partition coefficient (Wildman–Crippen LogP) is 4.81. The van der Waals surface area contributed by atoms with Crippen molar-refractivity contribution in [3.63, 3.8) is 0 Å². The van der Waals surface area contributed by atoms with Crippen LogP contribution < -0.4 is 10.6 Å². The number of carbonyl (C=O) groups excluding carboxylic acids is 1. The van der Waals surface area contributed by atoms with Crippen LogP contribution in [0.25, 0.3) is 0 Å². The second-order valence-corrected chi connectivity index (χ2v) is 5.70. The van der Waals surface area contributed by atoms with Crippen molar-refractivity contribution < 1.29 is 4.79 Å². The highest BCUT2D eigenvalue weighted by atomic mass is 79.9. The van der Waals surface area contributed by atoms with Crippen LogP contribution in [0.2, 0.25) is 10.0 Å². The summed E-state index contributed by atoms with van der Waals surface area (Å²) in [5, 5.41) is 6.84. The lowest BCUT2D eigenvalue weighted by molar-refractivity contribution is -0.114. The highest BCUT2D eigenvalue weighted by molar-refractivity contribution is 9.10. The molecule has 1 amide bonds. The first kappa shape index (κ1) is 15.2. The summed E-state index contributed by atoms with van der Waals surface area (Å²) in [7, 11) is 0. The van der Waals surface area contributed by atoms with Gasteiger partial charge in [0.05, 0.1) is 22.9 Å². The van der Waals surface area contributed by atoms with E-state index in [1.807, 2.05) is 12.1 Å². The number of nitrogens with one attached hydrogen (secondary N) is 2. The summed E-state index contributed by atoms with van der Waals surface area (Å²) in [5.41, 5.74) is 1.35. The molecule has 2 rings (SSSR count). The lowest BCUT2D eigenvalue weighted by Crippen LogP contribution is -2.22. The lowest BCUT2D eigenvalue weighted by atomic mass is 10.3. The standard InChI is InChI=1S/C14H11BrCl2N2O/c15-10-6-5-9(16)7-13(10)18-8-14(20)19-12-4-2-1-3-11(12)17/h1-7,18H,8H2,(H,19,20). The normalized spacial score (nSPS) is 10.2. The van der Waals surface area contributed by atoms with Crippen molar-refractivity contribution in [1.82, 2.24) is 0 Å². The maximum absolute atomic E-state index is 11.9. The molecular weight excluding hydrogens is 363 g/mol. The van der Waals surface area contributed by atoms with Crippen LogP contribution in [0.3, 0.4) is 0 Å². The van der Waals surface area contributed by atoms with Crippen molar-refractivity contribution in [3.05, 3.63) is 57.0 Å². The van der Waals surface area contributed by atoms with Crippen LogP contribution >= 0.6 is 39.1 Å². The van der Waals surface area contributed by atoms with Crippen LogP contribution in [0.1, 0.15) is 0 Å². The van der Waals surface area contributed by atoms with E-state index in [0.29, 0.717) is 15.7 Å². The Labute approximate surface area is 135 Å². The van der Waals surface area contributed by atoms with Crippen molar-refractivity contribution in [2.45, 2.75) is 0 Å². The molecule has 0 aromatic heterocycles. The molecule has 3 nitrogen and oxygen atoms in total. The Kier molecular flexibility index (Phi) is 5.29. The molecule has 6 heteroatoms. The molecule has 0 bridgehead atoms. The smallest absolute Gasteiger partial charge is 0.243 e. The van der Waals surface area contributed by atoms with Gasteiger partial charge < -0.3 is 10.6 Å². The molecule has 104 valence electrons. The van der Waals surface area contributed by atoms with E-state index < -0.39 is 0 Å². The molecule has 0 heterocycles. The zero-order chi connectivity index (χ0) is 14.5. The van der Waals surface area contributed by atoms with Crippen molar-refractivity contribution >= 4 is 56.4 Å². The zero-order valence-corrected chi connectivity index (χ0v) is 13.4. The first-order valence-corrected chi connectivity index (χ1v) is 7.34. The molecule has 0 atom stereocenters. The molecule has 0 aliphatic carbocycles. The van der Waals surface area contributed by atoms with Crippen molar-refractivity contribution in [2.24, 2.45) is 0 Å². The fraction of sp³-hybridized carbons (Fsp3) is 0.0714. The molecule has 2 N–H and O–H groups in total. The largest absolute Gasteiger partial charge is 0.375 e. The average Bonchev–Trinajstić information content (AvgIpc) is 2.42. The Hall–Kier alpha value is -1.23. The third-order valence-electron chi connectivity index (χ3n) is 2.52. The SMILES string of the molecule is O=C(CNc1cc(Cl)ccc1Br)Nc1ccccc1Cl. The topological polar surface area (TPSA) is 41.1 Å². The molecule has 0 unspecified atom stereocenters. The van der Waals surface area contributed by atoms with E-state index >= 15 is 0 Å². The van der Waals surface area contributed by atoms with Gasteiger partial charge in [-0.1, -0.05) is 35.3 Å². The Bertz CT molecular complexity index is 634. The molecule has 0 saturated heterocycles. The third kappa shape index (κ3) is 4.13. The highest BCUT2D eigenvalue weighted by Crippen LogP contribution is 2.26. The fourth-order valence-electron chi connectivity index (χ4n) is 1.57. The number of anilines is 2. The van der Waals surface area contributed by atoms with Crippen LogP contribution in [0, 0.1) is 0 Å². The highest BCUT2D eigenvalue weighted by Gasteiger charge is 2.06. The van der Waals surface area contributed by atoms with Crippen LogP contribution in [0.4, 0.5) is 11.4 Å². The Balaban J connectivity index is 1.96. The summed E-state index contributed by atoms with van der Waals surface area (Å²) in [5.74, 6) is -0.190. The number of amides is 1. The number of halogens is 3. The third-order valence-corrected chi connectivity index (χ3v) is 3.77. The molecule has 0 spiro atoms. The van der Waals surface area contributed by atoms with Gasteiger partial charge >= 0.3 is 0 Å². The number of rotatable bonds is 4. The summed E-state index contributed by atoms with van der Waals surface area (Å²) in [6.45, 7) is 0.115. The Morgan fingerprint density at radius 1 is 1.10 bits per heavy atom. The van der Waals surface area contributed by atoms with Crippen LogP contribution in [-0.4, -0.2) is 12.5 Å². The number of carbonyl (C=O) groups is 1. The van der Waals surface area contributed by atoms with Gasteiger partial charge in [0.2, 0.25) is 5.91 Å². The van der Waals surface area contributed by atoms with Crippen molar-refractivity contribution in [1.29, 1.82) is 0 Å². The molecule has 0 aliphatic rings. The summed E-state index contributed by atoms with van der Waals surface area (Å²) in [6, 6.07) is 12.4. The second-order valence-electron chi connectivity index (χ2n) is 4.01. The molecule has 0 fully saturated rings. The lowest BCUT2D eigenvalue weighted by Gasteiger charge is -2.10. The first-order valence-electron chi connectivity index (χ1n) is 5.79. The van der Waals surface area contributed by atoms with E-state index in [0.717, 1.165) is 10.2 Å². The molecule has 0 radical (unpaired) electrons. The first-order chi connectivity index (χ1) is 9.56. The van der Waals surface area contributed by atoms with Crippen molar-refractivity contribution in [3.8, 4) is 0 Å². The molecule has 2 aromatic carbocycles. The van der Waals surface area contributed by atoms with Gasteiger partial charge in [0.15, 0.2) is 0 Å². The van der Waals surface area contributed by atoms with Gasteiger partial charge in [-0.05, 0) is 46.3 Å². The van der Waals surface area contributed by atoms with Gasteiger partial charge in [-0.15, -0.1) is 0 Å². The average molecular weight is 374 g/mol. The minimum absolute atomic E-state index is 0.115. The van der Waals surface area contributed by atoms with Crippen molar-refractivity contribution in [2.75, 3.05) is 17.2 Å². The number of para-hydroxylation sites is 1. The Morgan fingerprint density at radius 3 is 2.60 bits per heavy atom. The van der Waals surface area contributed by atoms with E-state index in [2.05, 4.69) is 26.6 Å². The van der Waals surface area contributed by atoms with E-state index in [4.69, 9.17) is 23.2 Å². The summed E-state index contributed by atoms with van der Waals surface area (Å²) in [4.78, 5) is 11.9. The van der Waals surface area contributed by atoms with Crippen LogP contribution in [0.5, 0.6) is 0 Å². The minimum atomic E-state index is -0.190. The molecular formula is C14H11BrCl2N2O. The van der Waals surface area contributed by atoms with Crippen LogP contribution in [0.15, 0.2) is 46.9 Å². The van der Waals surface area contributed by atoms with Gasteiger partial charge in [-0.3, -0.25) is 4.79 Å². The van der Waals surface area contributed by atoms with E-state index in [9.17, 15) is 4.79 Å². The molecule has 0 saturated carbocycles. The number of benzene rings is 2. The summed E-state index contributed by atoms with van der Waals surface area (Å²) >= 11 is 15.3. The van der Waals surface area contributed by atoms with Gasteiger partial charge in [0.25, 0.3) is 0 Å². The summed E-state index contributed by atoms with van der Waals surface area (Å²) < 4.78 is 0.840. The van der Waals surface area contributed by atoms with Crippen LogP contribution in [-0.2, 0) is 4.79 Å². The number of hydrogen-bond donors (Lipinski definition) is 2. The zero-order valence-electron chi connectivity index (χ0n) is 10.3. The number of hydrogen-bond acceptors (Lipinski definition) is 2. The summed E-state index contributed by atoms with van der Waals surface area (Å²) in [6.07, 6.45) is 0. The van der Waals surface area contributed by atoms with Gasteiger partial charge in [0, 0.05) is 9.50 Å². The monoisotopic (exact) mass is 372 g/mol. The molecule has 2 aromatic rings. The van der Waals surface area contributed by atoms with E-state index in [1.54, 1.807) is 30.3 Å². The molecule has 0 aliphatic heterocycles. The fourth-order valence-corrected chi connectivity index (χ4v) is 2.31. The second kappa shape index (κ2) is 6.97. The van der Waals surface area contributed by atoms with Gasteiger partial charge in [-0.2, -0.15) is 0 Å².